The predicted octanol–water partition coefficient (Wildman–Crippen LogP) is 7.45. The third kappa shape index (κ3) is 12.5. The Morgan fingerprint density at radius 3 is 1.85 bits per heavy atom. The van der Waals surface area contributed by atoms with Crippen LogP contribution in [0.1, 0.15) is 55.4 Å². The summed E-state index contributed by atoms with van der Waals surface area (Å²) in [6.45, 7) is 11.0. The summed E-state index contributed by atoms with van der Waals surface area (Å²) < 4.78 is 10.9. The Morgan fingerprint density at radius 1 is 0.745 bits per heavy atom. The van der Waals surface area contributed by atoms with Gasteiger partial charge in [-0.1, -0.05) is 118 Å². The average molecular weight is 767 g/mol. The number of anilines is 1. The highest BCUT2D eigenvalue weighted by Crippen LogP contribution is 2.37. The Kier molecular flexibility index (Phi) is 16.0. The zero-order chi connectivity index (χ0) is 39.8. The van der Waals surface area contributed by atoms with Gasteiger partial charge >= 0.3 is 6.09 Å². The fraction of sp³-hybridized carbons (Fsp3) is 0.386. The number of hydrogen-bond acceptors (Lipinski definition) is 7. The fourth-order valence-corrected chi connectivity index (χ4v) is 7.09. The molecular formula is C44H58N4O6Si. The molecule has 0 saturated heterocycles. The largest absolute Gasteiger partial charge is 0.497 e. The molecule has 5 N–H and O–H groups in total. The molecule has 0 saturated carbocycles. The van der Waals surface area contributed by atoms with Crippen LogP contribution in [0.15, 0.2) is 109 Å². The molecular weight excluding hydrogens is 709 g/mol. The maximum absolute atomic E-state index is 13.8. The lowest BCUT2D eigenvalue weighted by atomic mass is 9.77. The lowest BCUT2D eigenvalue weighted by molar-refractivity contribution is -0.128. The van der Waals surface area contributed by atoms with Crippen LogP contribution >= 0.6 is 0 Å². The van der Waals surface area contributed by atoms with Crippen molar-refractivity contribution in [2.24, 2.45) is 5.92 Å². The van der Waals surface area contributed by atoms with Gasteiger partial charge in [-0.15, -0.1) is 0 Å². The van der Waals surface area contributed by atoms with E-state index in [-0.39, 0.29) is 25.0 Å². The van der Waals surface area contributed by atoms with Gasteiger partial charge in [-0.25, -0.2) is 4.79 Å². The molecule has 11 heteroatoms. The molecule has 55 heavy (non-hydrogen) atoms. The first kappa shape index (κ1) is 42.8. The molecule has 0 aromatic heterocycles. The van der Waals surface area contributed by atoms with Crippen molar-refractivity contribution < 1.29 is 29.0 Å². The molecule has 0 heterocycles. The first-order valence-electron chi connectivity index (χ1n) is 19.1. The Bertz CT molecular complexity index is 1740. The van der Waals surface area contributed by atoms with Crippen LogP contribution in [0.5, 0.6) is 5.75 Å². The maximum atomic E-state index is 13.8. The molecule has 4 aromatic carbocycles. The number of amides is 3. The van der Waals surface area contributed by atoms with E-state index in [0.717, 1.165) is 34.0 Å². The van der Waals surface area contributed by atoms with Crippen molar-refractivity contribution in [1.82, 2.24) is 16.0 Å². The molecule has 0 spiro atoms. The quantitative estimate of drug-likeness (QED) is 0.0358. The number of aliphatic hydroxyl groups excluding tert-OH is 1. The highest BCUT2D eigenvalue weighted by Gasteiger charge is 2.36. The molecule has 0 radical (unpaired) electrons. The number of rotatable bonds is 20. The first-order valence-corrected chi connectivity index (χ1v) is 22.8. The number of unbranched alkanes of at least 4 members (excludes halogenated alkanes) is 1. The second kappa shape index (κ2) is 20.6. The summed E-state index contributed by atoms with van der Waals surface area (Å²) in [6, 6.07) is 34.6. The molecule has 0 bridgehead atoms. The minimum atomic E-state index is -1.42. The van der Waals surface area contributed by atoms with Gasteiger partial charge in [0.2, 0.25) is 11.8 Å². The predicted molar refractivity (Wildman–Crippen MR) is 222 cm³/mol. The zero-order valence-electron chi connectivity index (χ0n) is 33.1. The van der Waals surface area contributed by atoms with Crippen molar-refractivity contribution in [2.75, 3.05) is 25.6 Å². The first-order chi connectivity index (χ1) is 26.4. The third-order valence-electron chi connectivity index (χ3n) is 9.59. The normalized spacial score (nSPS) is 12.7. The van der Waals surface area contributed by atoms with Gasteiger partial charge in [0.25, 0.3) is 0 Å². The van der Waals surface area contributed by atoms with Crippen molar-refractivity contribution >= 4 is 31.7 Å². The number of benzene rings is 4. The highest BCUT2D eigenvalue weighted by atomic mass is 28.3. The van der Waals surface area contributed by atoms with Gasteiger partial charge < -0.3 is 30.5 Å². The summed E-state index contributed by atoms with van der Waals surface area (Å²) in [5.74, 6) is -0.328. The molecule has 4 aromatic rings. The molecule has 0 unspecified atom stereocenters. The van der Waals surface area contributed by atoms with Gasteiger partial charge in [-0.3, -0.25) is 14.9 Å². The summed E-state index contributed by atoms with van der Waals surface area (Å²) in [5.41, 5.74) is 3.79. The number of aliphatic hydroxyl groups is 1. The molecule has 294 valence electrons. The van der Waals surface area contributed by atoms with Crippen molar-refractivity contribution in [3.05, 3.63) is 131 Å². The van der Waals surface area contributed by atoms with Gasteiger partial charge in [-0.2, -0.15) is 0 Å². The van der Waals surface area contributed by atoms with Crippen molar-refractivity contribution in [3.8, 4) is 5.75 Å². The van der Waals surface area contributed by atoms with E-state index in [0.29, 0.717) is 31.5 Å². The molecule has 2 atom stereocenters. The number of methoxy groups -OCH3 is 1. The summed E-state index contributed by atoms with van der Waals surface area (Å²) in [6.07, 6.45) is 0.999. The zero-order valence-corrected chi connectivity index (χ0v) is 34.1. The van der Waals surface area contributed by atoms with E-state index in [1.54, 1.807) is 31.4 Å². The fourth-order valence-electron chi connectivity index (χ4n) is 6.38. The summed E-state index contributed by atoms with van der Waals surface area (Å²) in [5, 5.41) is 21.9. The number of carbonyl (C=O) groups is 3. The second-order valence-corrected chi connectivity index (χ2v) is 21.0. The summed E-state index contributed by atoms with van der Waals surface area (Å²) in [4.78, 5) is 40.2. The van der Waals surface area contributed by atoms with Crippen LogP contribution in [-0.4, -0.2) is 63.4 Å². The monoisotopic (exact) mass is 766 g/mol. The van der Waals surface area contributed by atoms with E-state index in [9.17, 15) is 19.5 Å². The van der Waals surface area contributed by atoms with Gasteiger partial charge in [-0.05, 0) is 84.3 Å². The average Bonchev–Trinajstić information content (AvgIpc) is 3.18. The Morgan fingerprint density at radius 2 is 1.33 bits per heavy atom. The van der Waals surface area contributed by atoms with Gasteiger partial charge in [0.15, 0.2) is 0 Å². The van der Waals surface area contributed by atoms with Crippen molar-refractivity contribution in [3.63, 3.8) is 0 Å². The number of carbonyl (C=O) groups excluding carboxylic acids is 3. The van der Waals surface area contributed by atoms with E-state index in [4.69, 9.17) is 9.47 Å². The lowest BCUT2D eigenvalue weighted by Gasteiger charge is -2.37. The smallest absolute Gasteiger partial charge is 0.407 e. The van der Waals surface area contributed by atoms with Crippen molar-refractivity contribution in [1.29, 1.82) is 0 Å². The van der Waals surface area contributed by atoms with Crippen LogP contribution < -0.4 is 26.0 Å². The Hall–Kier alpha value is -4.97. The van der Waals surface area contributed by atoms with Gasteiger partial charge in [0, 0.05) is 13.8 Å². The van der Waals surface area contributed by atoms with Crippen LogP contribution in [0.2, 0.25) is 25.7 Å². The SMILES string of the molecule is COc1ccc(C(NCCCC[C@H](NC(=O)[C@@H](NC(=O)OCC[Si](C)(C)C)C(C)C)C(=O)Nc2ccc(CO)cc2)(c2ccccc2)c2ccccc2)cc1. The topological polar surface area (TPSA) is 138 Å². The minimum absolute atomic E-state index is 0.112. The Balaban J connectivity index is 1.52. The van der Waals surface area contributed by atoms with Crippen LogP contribution in [-0.2, 0) is 26.5 Å². The lowest BCUT2D eigenvalue weighted by Crippen LogP contribution is -2.54. The second-order valence-electron chi connectivity index (χ2n) is 15.4. The summed E-state index contributed by atoms with van der Waals surface area (Å²) >= 11 is 0. The van der Waals surface area contributed by atoms with Gasteiger partial charge in [0.05, 0.1) is 25.9 Å². The van der Waals surface area contributed by atoms with Crippen LogP contribution in [0.3, 0.4) is 0 Å². The standard InChI is InChI=1S/C44H58N4O6Si/c1-32(2)40(48-43(52)54-29-30-55(4,5)6)42(51)47-39(41(50)46-37-24-20-33(31-49)21-25-37)19-13-14-28-45-44(34-15-9-7-10-16-34,35-17-11-8-12-18-35)36-22-26-38(53-3)27-23-36/h7-12,15-18,20-27,32,39-40,45,49H,13-14,19,28-31H2,1-6H3,(H,46,50)(H,47,51)(H,48,52)/t39-,40-/m0/s1. The van der Waals surface area contributed by atoms with Crippen molar-refractivity contribution in [2.45, 2.75) is 83.0 Å². The summed E-state index contributed by atoms with van der Waals surface area (Å²) in [7, 11) is 0.239. The number of hydrogen-bond donors (Lipinski definition) is 5. The maximum Gasteiger partial charge on any atom is 0.407 e. The van der Waals surface area contributed by atoms with E-state index >= 15 is 0 Å². The third-order valence-corrected chi connectivity index (χ3v) is 11.3. The minimum Gasteiger partial charge on any atom is -0.497 e. The molecule has 0 fully saturated rings. The number of ether oxygens (including phenoxy) is 2. The number of alkyl carbamates (subject to hydrolysis) is 1. The van der Waals surface area contributed by atoms with Crippen LogP contribution in [0.25, 0.3) is 0 Å². The van der Waals surface area contributed by atoms with Gasteiger partial charge in [0.1, 0.15) is 17.8 Å². The number of nitrogens with one attached hydrogen (secondary N) is 4. The molecule has 0 aliphatic carbocycles. The van der Waals surface area contributed by atoms with E-state index in [2.05, 4.69) is 77.3 Å². The molecule has 4 rings (SSSR count). The van der Waals surface area contributed by atoms with E-state index in [1.165, 1.54) is 0 Å². The highest BCUT2D eigenvalue weighted by molar-refractivity contribution is 6.76. The molecule has 0 aliphatic rings. The van der Waals surface area contributed by atoms with Crippen LogP contribution in [0, 0.1) is 5.92 Å². The van der Waals surface area contributed by atoms with E-state index in [1.807, 2.05) is 62.4 Å². The van der Waals surface area contributed by atoms with E-state index < -0.39 is 37.7 Å². The Labute approximate surface area is 327 Å². The van der Waals surface area contributed by atoms with Crippen LogP contribution in [0.4, 0.5) is 10.5 Å². The molecule has 3 amide bonds. The molecule has 10 nitrogen and oxygen atoms in total. The molecule has 0 aliphatic heterocycles.